The van der Waals surface area contributed by atoms with E-state index in [2.05, 4.69) is 5.32 Å². The molecule has 0 aromatic rings. The van der Waals surface area contributed by atoms with Crippen LogP contribution in [0.15, 0.2) is 0 Å². The van der Waals surface area contributed by atoms with E-state index < -0.39 is 17.9 Å². The summed E-state index contributed by atoms with van der Waals surface area (Å²) >= 11 is 0. The highest BCUT2D eigenvalue weighted by atomic mass is 16.5. The van der Waals surface area contributed by atoms with Gasteiger partial charge in [-0.3, -0.25) is 4.79 Å². The molecule has 2 fully saturated rings. The van der Waals surface area contributed by atoms with Gasteiger partial charge in [0, 0.05) is 19.2 Å². The minimum absolute atomic E-state index is 0.0842. The highest BCUT2D eigenvalue weighted by Crippen LogP contribution is 2.21. The number of carbonyl (C=O) groups is 2. The zero-order valence-electron chi connectivity index (χ0n) is 12.6. The summed E-state index contributed by atoms with van der Waals surface area (Å²) in [5.41, 5.74) is 0. The van der Waals surface area contributed by atoms with Gasteiger partial charge in [0.05, 0.1) is 25.4 Å². The number of amides is 2. The zero-order valence-corrected chi connectivity index (χ0v) is 12.6. The van der Waals surface area contributed by atoms with Crippen molar-refractivity contribution in [1.29, 1.82) is 0 Å². The number of carboxylic acid groups (broad SMARTS) is 1. The van der Waals surface area contributed by atoms with Crippen molar-refractivity contribution in [1.82, 2.24) is 10.2 Å². The first-order valence-corrected chi connectivity index (χ1v) is 7.52. The number of aliphatic carboxylic acids is 1. The fraction of sp³-hybridized carbons (Fsp3) is 0.857. The molecule has 0 spiro atoms. The minimum Gasteiger partial charge on any atom is -0.481 e. The quantitative estimate of drug-likeness (QED) is 0.797. The van der Waals surface area contributed by atoms with E-state index in [0.29, 0.717) is 13.2 Å². The molecule has 2 aliphatic heterocycles. The maximum atomic E-state index is 12.4. The van der Waals surface area contributed by atoms with Crippen LogP contribution in [0.2, 0.25) is 0 Å². The van der Waals surface area contributed by atoms with E-state index in [0.717, 1.165) is 12.8 Å². The van der Waals surface area contributed by atoms with Gasteiger partial charge in [-0.25, -0.2) is 4.79 Å². The van der Waals surface area contributed by atoms with Gasteiger partial charge in [0.15, 0.2) is 0 Å². The van der Waals surface area contributed by atoms with Crippen LogP contribution >= 0.6 is 0 Å². The summed E-state index contributed by atoms with van der Waals surface area (Å²) < 4.78 is 10.7. The van der Waals surface area contributed by atoms with E-state index in [4.69, 9.17) is 9.47 Å². The van der Waals surface area contributed by atoms with E-state index in [1.807, 2.05) is 13.8 Å². The average Bonchev–Trinajstić information content (AvgIpc) is 2.89. The van der Waals surface area contributed by atoms with Gasteiger partial charge >= 0.3 is 12.0 Å². The molecule has 0 aromatic heterocycles. The molecule has 7 heteroatoms. The van der Waals surface area contributed by atoms with Crippen LogP contribution in [-0.4, -0.2) is 66.6 Å². The summed E-state index contributed by atoms with van der Waals surface area (Å²) in [6, 6.07) is -0.524. The van der Waals surface area contributed by atoms with Crippen molar-refractivity contribution < 1.29 is 24.2 Å². The van der Waals surface area contributed by atoms with E-state index >= 15 is 0 Å². The molecule has 2 aliphatic rings. The molecule has 120 valence electrons. The predicted molar refractivity (Wildman–Crippen MR) is 75.1 cm³/mol. The molecule has 7 nitrogen and oxygen atoms in total. The zero-order chi connectivity index (χ0) is 15.4. The number of rotatable bonds is 4. The van der Waals surface area contributed by atoms with Crippen LogP contribution in [0, 0.1) is 5.92 Å². The van der Waals surface area contributed by atoms with Crippen molar-refractivity contribution in [2.75, 3.05) is 26.4 Å². The second kappa shape index (κ2) is 7.09. The molecular formula is C14H24N2O5. The van der Waals surface area contributed by atoms with Gasteiger partial charge in [-0.2, -0.15) is 0 Å². The van der Waals surface area contributed by atoms with Crippen LogP contribution in [0.1, 0.15) is 26.7 Å². The lowest BCUT2D eigenvalue weighted by Crippen LogP contribution is -2.53. The van der Waals surface area contributed by atoms with Gasteiger partial charge in [0.1, 0.15) is 5.92 Å². The number of urea groups is 1. The Morgan fingerprint density at radius 1 is 1.38 bits per heavy atom. The molecule has 21 heavy (non-hydrogen) atoms. The number of carbonyl (C=O) groups excluding carboxylic acids is 1. The van der Waals surface area contributed by atoms with Gasteiger partial charge in [-0.15, -0.1) is 0 Å². The molecule has 2 heterocycles. The van der Waals surface area contributed by atoms with Crippen LogP contribution in [0.3, 0.4) is 0 Å². The van der Waals surface area contributed by atoms with Crippen molar-refractivity contribution in [3.8, 4) is 0 Å². The van der Waals surface area contributed by atoms with Gasteiger partial charge in [0.25, 0.3) is 0 Å². The third-order valence-electron chi connectivity index (χ3n) is 4.18. The predicted octanol–water partition coefficient (Wildman–Crippen LogP) is 0.685. The monoisotopic (exact) mass is 300 g/mol. The maximum Gasteiger partial charge on any atom is 0.317 e. The molecular weight excluding hydrogens is 276 g/mol. The van der Waals surface area contributed by atoms with Gasteiger partial charge in [0.2, 0.25) is 0 Å². The smallest absolute Gasteiger partial charge is 0.317 e. The first-order valence-electron chi connectivity index (χ1n) is 7.52. The molecule has 2 N–H and O–H groups in total. The highest BCUT2D eigenvalue weighted by Gasteiger charge is 2.40. The van der Waals surface area contributed by atoms with E-state index in [9.17, 15) is 14.7 Å². The topological polar surface area (TPSA) is 88.1 Å². The number of hydrogen-bond donors (Lipinski definition) is 2. The van der Waals surface area contributed by atoms with Gasteiger partial charge in [-0.1, -0.05) is 0 Å². The lowest BCUT2D eigenvalue weighted by Gasteiger charge is -2.33. The Kier molecular flexibility index (Phi) is 5.41. The second-order valence-electron chi connectivity index (χ2n) is 5.69. The second-order valence-corrected chi connectivity index (χ2v) is 5.69. The molecule has 2 amide bonds. The Morgan fingerprint density at radius 2 is 2.14 bits per heavy atom. The molecule has 4 atom stereocenters. The Labute approximate surface area is 124 Å². The molecule has 0 bridgehead atoms. The minimum atomic E-state index is -0.913. The van der Waals surface area contributed by atoms with Crippen LogP contribution in [0.5, 0.6) is 0 Å². The van der Waals surface area contributed by atoms with Gasteiger partial charge < -0.3 is 24.8 Å². The molecule has 0 aliphatic carbocycles. The van der Waals surface area contributed by atoms with E-state index in [1.165, 1.54) is 0 Å². The average molecular weight is 300 g/mol. The highest BCUT2D eigenvalue weighted by molar-refractivity contribution is 5.77. The fourth-order valence-electron chi connectivity index (χ4n) is 3.00. The van der Waals surface area contributed by atoms with E-state index in [-0.39, 0.29) is 31.4 Å². The SMILES string of the molecule is CCN(C(=O)NC1CCOC(C)C1)C1COCC1C(=O)O. The first kappa shape index (κ1) is 16.0. The summed E-state index contributed by atoms with van der Waals surface area (Å²) in [5, 5.41) is 12.2. The van der Waals surface area contributed by atoms with Crippen molar-refractivity contribution >= 4 is 12.0 Å². The summed E-state index contributed by atoms with van der Waals surface area (Å²) in [5.74, 6) is -1.56. The molecule has 0 aromatic carbocycles. The molecule has 4 unspecified atom stereocenters. The molecule has 0 radical (unpaired) electrons. The molecule has 2 rings (SSSR count). The Bertz CT molecular complexity index is 390. The largest absolute Gasteiger partial charge is 0.481 e. The summed E-state index contributed by atoms with van der Waals surface area (Å²) in [7, 11) is 0. The number of carboxylic acids is 1. The van der Waals surface area contributed by atoms with Crippen molar-refractivity contribution in [3.63, 3.8) is 0 Å². The Balaban J connectivity index is 1.96. The van der Waals surface area contributed by atoms with Gasteiger partial charge in [-0.05, 0) is 26.7 Å². The third-order valence-corrected chi connectivity index (χ3v) is 4.18. The number of hydrogen-bond acceptors (Lipinski definition) is 4. The van der Waals surface area contributed by atoms with Crippen molar-refractivity contribution in [2.45, 2.75) is 44.9 Å². The van der Waals surface area contributed by atoms with Crippen LogP contribution < -0.4 is 5.32 Å². The lowest BCUT2D eigenvalue weighted by atomic mass is 10.0. The first-order chi connectivity index (χ1) is 10.0. The normalized spacial score (nSPS) is 32.7. The fourth-order valence-corrected chi connectivity index (χ4v) is 3.00. The van der Waals surface area contributed by atoms with Crippen LogP contribution in [0.25, 0.3) is 0 Å². The van der Waals surface area contributed by atoms with Crippen LogP contribution in [0.4, 0.5) is 4.79 Å². The maximum absolute atomic E-state index is 12.4. The number of ether oxygens (including phenoxy) is 2. The summed E-state index contributed by atoms with van der Waals surface area (Å²) in [6.07, 6.45) is 1.71. The number of likely N-dealkylation sites (N-methyl/N-ethyl adjacent to an activating group) is 1. The molecule has 0 saturated carbocycles. The van der Waals surface area contributed by atoms with E-state index in [1.54, 1.807) is 4.90 Å². The Morgan fingerprint density at radius 3 is 2.76 bits per heavy atom. The number of nitrogens with one attached hydrogen (secondary N) is 1. The summed E-state index contributed by atoms with van der Waals surface area (Å²) in [4.78, 5) is 25.2. The van der Waals surface area contributed by atoms with Crippen LogP contribution in [-0.2, 0) is 14.3 Å². The molecule has 2 saturated heterocycles. The number of nitrogens with zero attached hydrogens (tertiary/aromatic N) is 1. The third kappa shape index (κ3) is 3.85. The Hall–Kier alpha value is -1.34. The van der Waals surface area contributed by atoms with Crippen molar-refractivity contribution in [2.24, 2.45) is 5.92 Å². The summed E-state index contributed by atoms with van der Waals surface area (Å²) in [6.45, 7) is 5.38. The lowest BCUT2D eigenvalue weighted by molar-refractivity contribution is -0.142. The van der Waals surface area contributed by atoms with Crippen molar-refractivity contribution in [3.05, 3.63) is 0 Å². The standard InChI is InChI=1S/C14H24N2O5/c1-3-16(12-8-20-7-11(12)13(17)18)14(19)15-10-4-5-21-9(2)6-10/h9-12H,3-8H2,1-2H3,(H,15,19)(H,17,18).